The number of Topliss-reactive ketones (excluding diaryl/α,β-unsaturated/α-hetero) is 1. The van der Waals surface area contributed by atoms with Crippen LogP contribution in [0.4, 0.5) is 0 Å². The number of unbranched alkanes of at least 4 members (excludes halogenated alkanes) is 11. The fourth-order valence-corrected chi connectivity index (χ4v) is 3.15. The Balaban J connectivity index is 1.90. The van der Waals surface area contributed by atoms with Gasteiger partial charge in [0.05, 0.1) is 0 Å². The largest absolute Gasteiger partial charge is 0.508 e. The highest BCUT2D eigenvalue weighted by molar-refractivity contribution is 6.18. The molecule has 1 aliphatic rings. The van der Waals surface area contributed by atoms with E-state index < -0.39 is 5.97 Å². The van der Waals surface area contributed by atoms with Crippen molar-refractivity contribution in [3.05, 3.63) is 23.5 Å². The van der Waals surface area contributed by atoms with Crippen molar-refractivity contribution in [1.82, 2.24) is 0 Å². The first-order chi connectivity index (χ1) is 12.7. The van der Waals surface area contributed by atoms with Crippen LogP contribution in [0, 0.1) is 0 Å². The van der Waals surface area contributed by atoms with Gasteiger partial charge < -0.3 is 9.84 Å². The first-order valence-corrected chi connectivity index (χ1v) is 10.4. The fraction of sp³-hybridized carbons (Fsp3) is 0.727. The van der Waals surface area contributed by atoms with Gasteiger partial charge in [0.2, 0.25) is 0 Å². The Kier molecular flexibility index (Phi) is 12.6. The highest BCUT2D eigenvalue weighted by Gasteiger charge is 2.29. The van der Waals surface area contributed by atoms with Crippen molar-refractivity contribution in [1.29, 1.82) is 0 Å². The molecule has 148 valence electrons. The van der Waals surface area contributed by atoms with Gasteiger partial charge in [0.1, 0.15) is 17.9 Å². The minimum Gasteiger partial charge on any atom is -0.508 e. The van der Waals surface area contributed by atoms with E-state index in [1.807, 2.05) is 0 Å². The fourth-order valence-electron chi connectivity index (χ4n) is 3.15. The molecular formula is C22H36O4. The van der Waals surface area contributed by atoms with E-state index in [4.69, 9.17) is 0 Å². The number of ether oxygens (including phenoxy) is 1. The molecule has 0 bridgehead atoms. The minimum absolute atomic E-state index is 0.147. The van der Waals surface area contributed by atoms with Gasteiger partial charge in [-0.2, -0.15) is 0 Å². The number of allylic oxidation sites excluding steroid dienone is 2. The van der Waals surface area contributed by atoms with Gasteiger partial charge in [0.25, 0.3) is 0 Å². The number of carbonyl (C=O) groups excluding carboxylic acids is 2. The van der Waals surface area contributed by atoms with E-state index in [1.54, 1.807) is 0 Å². The summed E-state index contributed by atoms with van der Waals surface area (Å²) in [5, 5.41) is 9.46. The monoisotopic (exact) mass is 364 g/mol. The molecule has 0 atom stereocenters. The van der Waals surface area contributed by atoms with Crippen molar-refractivity contribution >= 4 is 11.8 Å². The lowest BCUT2D eigenvalue weighted by molar-refractivity contribution is -0.137. The van der Waals surface area contributed by atoms with Gasteiger partial charge in [-0.25, -0.2) is 4.79 Å². The quantitative estimate of drug-likeness (QED) is 0.159. The lowest BCUT2D eigenvalue weighted by Crippen LogP contribution is -2.10. The number of rotatable bonds is 16. The van der Waals surface area contributed by atoms with Crippen LogP contribution in [0.25, 0.3) is 0 Å². The second kappa shape index (κ2) is 14.6. The van der Waals surface area contributed by atoms with E-state index in [2.05, 4.69) is 23.8 Å². The Hall–Kier alpha value is -1.58. The Morgan fingerprint density at radius 2 is 1.46 bits per heavy atom. The number of aliphatic hydroxyl groups excluding tert-OH is 1. The molecule has 4 nitrogen and oxygen atoms in total. The predicted octanol–water partition coefficient (Wildman–Crippen LogP) is 5.96. The molecule has 4 heteroatoms. The number of aliphatic hydroxyl groups is 1. The van der Waals surface area contributed by atoms with Gasteiger partial charge in [-0.3, -0.25) is 4.79 Å². The topological polar surface area (TPSA) is 63.6 Å². The van der Waals surface area contributed by atoms with Crippen LogP contribution in [0.5, 0.6) is 0 Å². The minimum atomic E-state index is -0.687. The molecule has 1 N–H and O–H groups in total. The zero-order valence-electron chi connectivity index (χ0n) is 16.4. The van der Waals surface area contributed by atoms with Crippen LogP contribution >= 0.6 is 0 Å². The molecule has 1 aliphatic heterocycles. The first-order valence-electron chi connectivity index (χ1n) is 10.4. The maximum absolute atomic E-state index is 11.9. The normalized spacial score (nSPS) is 14.4. The summed E-state index contributed by atoms with van der Waals surface area (Å²) in [6.07, 6.45) is 20.7. The molecule has 1 heterocycles. The van der Waals surface area contributed by atoms with Gasteiger partial charge in [0.15, 0.2) is 5.78 Å². The van der Waals surface area contributed by atoms with E-state index in [9.17, 15) is 14.7 Å². The van der Waals surface area contributed by atoms with Crippen LogP contribution in [0.3, 0.4) is 0 Å². The molecular weight excluding hydrogens is 328 g/mol. The third-order valence-corrected chi connectivity index (χ3v) is 4.78. The van der Waals surface area contributed by atoms with Crippen LogP contribution < -0.4 is 0 Å². The summed E-state index contributed by atoms with van der Waals surface area (Å²) < 4.78 is 4.63. The third-order valence-electron chi connectivity index (χ3n) is 4.78. The van der Waals surface area contributed by atoms with Crippen LogP contribution in [-0.4, -0.2) is 23.5 Å². The molecule has 0 spiro atoms. The van der Waals surface area contributed by atoms with Crippen LogP contribution in [-0.2, 0) is 14.3 Å². The zero-order chi connectivity index (χ0) is 19.0. The summed E-state index contributed by atoms with van der Waals surface area (Å²) in [5.41, 5.74) is -0.147. The van der Waals surface area contributed by atoms with Crippen molar-refractivity contribution in [3.8, 4) is 0 Å². The summed E-state index contributed by atoms with van der Waals surface area (Å²) in [6.45, 7) is 2.09. The summed E-state index contributed by atoms with van der Waals surface area (Å²) in [6, 6.07) is 0. The van der Waals surface area contributed by atoms with E-state index >= 15 is 0 Å². The smallest absolute Gasteiger partial charge is 0.345 e. The molecule has 0 aromatic heterocycles. The number of ketones is 1. The number of cyclic esters (lactones) is 1. The SMILES string of the molecule is CCCCCCCCCCCC=CCCCCC(=O)C1=C(O)COC1=O. The van der Waals surface area contributed by atoms with E-state index in [0.717, 1.165) is 25.7 Å². The third kappa shape index (κ3) is 9.79. The molecule has 0 radical (unpaired) electrons. The Morgan fingerprint density at radius 3 is 2.00 bits per heavy atom. The van der Waals surface area contributed by atoms with Crippen molar-refractivity contribution in [2.75, 3.05) is 6.61 Å². The van der Waals surface area contributed by atoms with Crippen molar-refractivity contribution in [3.63, 3.8) is 0 Å². The second-order valence-electron chi connectivity index (χ2n) is 7.16. The highest BCUT2D eigenvalue weighted by Crippen LogP contribution is 2.17. The molecule has 1 rings (SSSR count). The molecule has 0 amide bonds. The Morgan fingerprint density at radius 1 is 0.923 bits per heavy atom. The van der Waals surface area contributed by atoms with Gasteiger partial charge in [-0.15, -0.1) is 0 Å². The molecule has 0 saturated heterocycles. The van der Waals surface area contributed by atoms with Crippen LogP contribution in [0.2, 0.25) is 0 Å². The zero-order valence-corrected chi connectivity index (χ0v) is 16.4. The lowest BCUT2D eigenvalue weighted by Gasteiger charge is -2.01. The summed E-state index contributed by atoms with van der Waals surface area (Å²) in [7, 11) is 0. The molecule has 26 heavy (non-hydrogen) atoms. The average Bonchev–Trinajstić information content (AvgIpc) is 2.96. The lowest BCUT2D eigenvalue weighted by atomic mass is 10.0. The van der Waals surface area contributed by atoms with E-state index in [0.29, 0.717) is 6.42 Å². The maximum Gasteiger partial charge on any atom is 0.345 e. The molecule has 0 aliphatic carbocycles. The van der Waals surface area contributed by atoms with Crippen LogP contribution in [0.15, 0.2) is 23.5 Å². The number of esters is 1. The van der Waals surface area contributed by atoms with Gasteiger partial charge >= 0.3 is 5.97 Å². The van der Waals surface area contributed by atoms with E-state index in [-0.39, 0.29) is 23.7 Å². The van der Waals surface area contributed by atoms with Gasteiger partial charge in [-0.1, -0.05) is 70.4 Å². The number of hydrogen-bond acceptors (Lipinski definition) is 4. The average molecular weight is 365 g/mol. The van der Waals surface area contributed by atoms with Crippen molar-refractivity contribution < 1.29 is 19.4 Å². The highest BCUT2D eigenvalue weighted by atomic mass is 16.5. The van der Waals surface area contributed by atoms with Crippen molar-refractivity contribution in [2.24, 2.45) is 0 Å². The van der Waals surface area contributed by atoms with Gasteiger partial charge in [-0.05, 0) is 32.1 Å². The van der Waals surface area contributed by atoms with Gasteiger partial charge in [0, 0.05) is 6.42 Å². The van der Waals surface area contributed by atoms with E-state index in [1.165, 1.54) is 57.8 Å². The van der Waals surface area contributed by atoms with Crippen molar-refractivity contribution in [2.45, 2.75) is 96.8 Å². The maximum atomic E-state index is 11.9. The molecule has 0 saturated carbocycles. The molecule has 0 fully saturated rings. The summed E-state index contributed by atoms with van der Waals surface area (Å²) in [4.78, 5) is 23.2. The number of carbonyl (C=O) groups is 2. The molecule has 0 aromatic rings. The summed E-state index contributed by atoms with van der Waals surface area (Å²) in [5.74, 6) is -1.21. The molecule has 0 unspecified atom stereocenters. The predicted molar refractivity (Wildman–Crippen MR) is 105 cm³/mol. The molecule has 0 aromatic carbocycles. The number of hydrogen-bond donors (Lipinski definition) is 1. The first kappa shape index (κ1) is 22.5. The standard InChI is InChI=1S/C22H36O4/c1-2-3-4-5-6-7-8-9-10-11-12-13-14-15-16-17-19(23)21-20(24)18-26-22(21)25/h12-13,24H,2-11,14-18H2,1H3. The summed E-state index contributed by atoms with van der Waals surface area (Å²) >= 11 is 0. The Bertz CT molecular complexity index is 477. The second-order valence-corrected chi connectivity index (χ2v) is 7.16. The van der Waals surface area contributed by atoms with Crippen LogP contribution in [0.1, 0.15) is 96.8 Å². The Labute approximate surface area is 158 Å².